The van der Waals surface area contributed by atoms with Gasteiger partial charge in [-0.1, -0.05) is 0 Å². The second-order valence-electron chi connectivity index (χ2n) is 4.46. The van der Waals surface area contributed by atoms with E-state index in [1.807, 2.05) is 0 Å². The normalized spacial score (nSPS) is 10.2. The van der Waals surface area contributed by atoms with Crippen LogP contribution in [0.4, 0.5) is 5.69 Å². The Morgan fingerprint density at radius 3 is 2.52 bits per heavy atom. The molecule has 1 aromatic carbocycles. The van der Waals surface area contributed by atoms with Gasteiger partial charge < -0.3 is 19.7 Å². The van der Waals surface area contributed by atoms with Crippen LogP contribution in [0.15, 0.2) is 47.1 Å². The van der Waals surface area contributed by atoms with E-state index in [9.17, 15) is 9.59 Å². The number of rotatable bonds is 5. The fourth-order valence-corrected chi connectivity index (χ4v) is 1.77. The molecule has 1 aromatic heterocycles. The van der Waals surface area contributed by atoms with Gasteiger partial charge in [-0.15, -0.1) is 0 Å². The first kappa shape index (κ1) is 14.8. The molecule has 0 saturated heterocycles. The first-order chi connectivity index (χ1) is 10.1. The Labute approximate surface area is 122 Å². The molecule has 0 bridgehead atoms. The number of anilines is 1. The Balaban J connectivity index is 2.02. The lowest BCUT2D eigenvalue weighted by Gasteiger charge is -2.15. The minimum Gasteiger partial charge on any atom is -0.459 e. The molecule has 0 fully saturated rings. The SMILES string of the molecule is CN(CCO)C(=O)c1ccc(NC(=O)c2ccco2)cc1. The number of aliphatic hydroxyl groups is 1. The van der Waals surface area contributed by atoms with Crippen molar-refractivity contribution in [1.29, 1.82) is 0 Å². The summed E-state index contributed by atoms with van der Waals surface area (Å²) in [5, 5.41) is 11.5. The van der Waals surface area contributed by atoms with Crippen molar-refractivity contribution < 1.29 is 19.1 Å². The lowest BCUT2D eigenvalue weighted by atomic mass is 10.2. The van der Waals surface area contributed by atoms with Gasteiger partial charge in [-0.05, 0) is 36.4 Å². The second-order valence-corrected chi connectivity index (χ2v) is 4.46. The Morgan fingerprint density at radius 2 is 1.95 bits per heavy atom. The summed E-state index contributed by atoms with van der Waals surface area (Å²) in [6.07, 6.45) is 1.42. The molecule has 0 spiro atoms. The van der Waals surface area contributed by atoms with Crippen molar-refractivity contribution in [2.75, 3.05) is 25.5 Å². The number of nitrogens with one attached hydrogen (secondary N) is 1. The molecule has 0 aliphatic rings. The van der Waals surface area contributed by atoms with Gasteiger partial charge in [0.15, 0.2) is 5.76 Å². The number of hydrogen-bond acceptors (Lipinski definition) is 4. The number of carbonyl (C=O) groups excluding carboxylic acids is 2. The third-order valence-electron chi connectivity index (χ3n) is 2.92. The zero-order valence-corrected chi connectivity index (χ0v) is 11.6. The Hall–Kier alpha value is -2.60. The number of hydrogen-bond donors (Lipinski definition) is 2. The van der Waals surface area contributed by atoms with Crippen molar-refractivity contribution in [2.45, 2.75) is 0 Å². The molecule has 0 aliphatic heterocycles. The van der Waals surface area contributed by atoms with Gasteiger partial charge in [0.25, 0.3) is 11.8 Å². The van der Waals surface area contributed by atoms with Gasteiger partial charge in [0.05, 0.1) is 12.9 Å². The zero-order chi connectivity index (χ0) is 15.2. The highest BCUT2D eigenvalue weighted by Gasteiger charge is 2.12. The molecular weight excluding hydrogens is 272 g/mol. The van der Waals surface area contributed by atoms with Crippen molar-refractivity contribution in [3.05, 3.63) is 54.0 Å². The highest BCUT2D eigenvalue weighted by molar-refractivity contribution is 6.02. The first-order valence-electron chi connectivity index (χ1n) is 6.43. The van der Waals surface area contributed by atoms with Gasteiger partial charge >= 0.3 is 0 Å². The predicted molar refractivity (Wildman–Crippen MR) is 77.1 cm³/mol. The summed E-state index contributed by atoms with van der Waals surface area (Å²) in [6.45, 7) is 0.190. The minimum absolute atomic E-state index is 0.0838. The van der Waals surface area contributed by atoms with Crippen LogP contribution < -0.4 is 5.32 Å². The number of furan rings is 1. The molecular formula is C15H16N2O4. The fraction of sp³-hybridized carbons (Fsp3) is 0.200. The number of benzene rings is 1. The maximum atomic E-state index is 12.0. The Kier molecular flexibility index (Phi) is 4.73. The molecule has 1 heterocycles. The van der Waals surface area contributed by atoms with E-state index in [0.717, 1.165) is 0 Å². The van der Waals surface area contributed by atoms with E-state index < -0.39 is 0 Å². The van der Waals surface area contributed by atoms with E-state index >= 15 is 0 Å². The van der Waals surface area contributed by atoms with Crippen molar-refractivity contribution in [1.82, 2.24) is 4.90 Å². The molecule has 110 valence electrons. The molecule has 2 amide bonds. The van der Waals surface area contributed by atoms with Gasteiger partial charge in [-0.3, -0.25) is 9.59 Å². The average Bonchev–Trinajstić information content (AvgIpc) is 3.02. The predicted octanol–water partition coefficient (Wildman–Crippen LogP) is 1.60. The molecule has 2 N–H and O–H groups in total. The van der Waals surface area contributed by atoms with Gasteiger partial charge in [0, 0.05) is 24.8 Å². The zero-order valence-electron chi connectivity index (χ0n) is 11.6. The van der Waals surface area contributed by atoms with Crippen molar-refractivity contribution in [2.24, 2.45) is 0 Å². The van der Waals surface area contributed by atoms with Crippen LogP contribution in [0.2, 0.25) is 0 Å². The summed E-state index contributed by atoms with van der Waals surface area (Å²) < 4.78 is 4.99. The monoisotopic (exact) mass is 288 g/mol. The number of likely N-dealkylation sites (N-methyl/N-ethyl adjacent to an activating group) is 1. The third kappa shape index (κ3) is 3.70. The van der Waals surface area contributed by atoms with E-state index in [1.54, 1.807) is 43.4 Å². The summed E-state index contributed by atoms with van der Waals surface area (Å²) in [5.74, 6) is -0.317. The van der Waals surface area contributed by atoms with Crippen molar-refractivity contribution in [3.63, 3.8) is 0 Å². The first-order valence-corrected chi connectivity index (χ1v) is 6.43. The molecule has 21 heavy (non-hydrogen) atoms. The number of carbonyl (C=O) groups is 2. The quantitative estimate of drug-likeness (QED) is 0.875. The van der Waals surface area contributed by atoms with Gasteiger partial charge in [-0.25, -0.2) is 0 Å². The number of aliphatic hydroxyl groups excluding tert-OH is 1. The van der Waals surface area contributed by atoms with Crippen LogP contribution >= 0.6 is 0 Å². The summed E-state index contributed by atoms with van der Waals surface area (Å²) in [5.41, 5.74) is 1.06. The van der Waals surface area contributed by atoms with E-state index in [4.69, 9.17) is 9.52 Å². The molecule has 6 nitrogen and oxygen atoms in total. The van der Waals surface area contributed by atoms with Crippen LogP contribution in [0.5, 0.6) is 0 Å². The van der Waals surface area contributed by atoms with Crippen molar-refractivity contribution >= 4 is 17.5 Å². The maximum absolute atomic E-state index is 12.0. The second kappa shape index (κ2) is 6.71. The largest absolute Gasteiger partial charge is 0.459 e. The van der Waals surface area contributed by atoms with Crippen LogP contribution in [0.1, 0.15) is 20.9 Å². The van der Waals surface area contributed by atoms with Crippen LogP contribution in [0.25, 0.3) is 0 Å². The van der Waals surface area contributed by atoms with Gasteiger partial charge in [-0.2, -0.15) is 0 Å². The minimum atomic E-state index is -0.350. The standard InChI is InChI=1S/C15H16N2O4/c1-17(8-9-18)15(20)11-4-6-12(7-5-11)16-14(19)13-3-2-10-21-13/h2-7,10,18H,8-9H2,1H3,(H,16,19). The van der Waals surface area contributed by atoms with Crippen LogP contribution in [0.3, 0.4) is 0 Å². The summed E-state index contributed by atoms with van der Waals surface area (Å²) in [4.78, 5) is 25.2. The summed E-state index contributed by atoms with van der Waals surface area (Å²) in [7, 11) is 1.62. The Morgan fingerprint density at radius 1 is 1.24 bits per heavy atom. The van der Waals surface area contributed by atoms with E-state index in [1.165, 1.54) is 11.2 Å². The van der Waals surface area contributed by atoms with Crippen molar-refractivity contribution in [3.8, 4) is 0 Å². The summed E-state index contributed by atoms with van der Waals surface area (Å²) >= 11 is 0. The van der Waals surface area contributed by atoms with Crippen LogP contribution in [-0.4, -0.2) is 42.0 Å². The highest BCUT2D eigenvalue weighted by Crippen LogP contribution is 2.13. The molecule has 0 aliphatic carbocycles. The summed E-state index contributed by atoms with van der Waals surface area (Å²) in [6, 6.07) is 9.72. The lowest BCUT2D eigenvalue weighted by molar-refractivity contribution is 0.0767. The smallest absolute Gasteiger partial charge is 0.291 e. The van der Waals surface area contributed by atoms with Gasteiger partial charge in [0.2, 0.25) is 0 Å². The average molecular weight is 288 g/mol. The molecule has 2 rings (SSSR count). The van der Waals surface area contributed by atoms with Crippen LogP contribution in [0, 0.1) is 0 Å². The number of amides is 2. The number of nitrogens with zero attached hydrogens (tertiary/aromatic N) is 1. The lowest BCUT2D eigenvalue weighted by Crippen LogP contribution is -2.29. The van der Waals surface area contributed by atoms with E-state index in [2.05, 4.69) is 5.32 Å². The van der Waals surface area contributed by atoms with Gasteiger partial charge in [0.1, 0.15) is 0 Å². The van der Waals surface area contributed by atoms with E-state index in [-0.39, 0.29) is 30.7 Å². The van der Waals surface area contributed by atoms with Crippen LogP contribution in [-0.2, 0) is 0 Å². The molecule has 0 saturated carbocycles. The third-order valence-corrected chi connectivity index (χ3v) is 2.92. The maximum Gasteiger partial charge on any atom is 0.291 e. The highest BCUT2D eigenvalue weighted by atomic mass is 16.3. The molecule has 0 radical (unpaired) electrons. The molecule has 2 aromatic rings. The molecule has 0 unspecified atom stereocenters. The Bertz CT molecular complexity index is 605. The van der Waals surface area contributed by atoms with E-state index in [0.29, 0.717) is 11.3 Å². The molecule has 0 atom stereocenters. The molecule has 6 heteroatoms. The topological polar surface area (TPSA) is 82.8 Å². The fourth-order valence-electron chi connectivity index (χ4n) is 1.77.